The molecule has 1 aromatic rings. The number of rotatable bonds is 6. The van der Waals surface area contributed by atoms with Gasteiger partial charge in [-0.3, -0.25) is 14.6 Å². The summed E-state index contributed by atoms with van der Waals surface area (Å²) in [4.78, 5) is 31.1. The van der Waals surface area contributed by atoms with Crippen molar-refractivity contribution in [3.05, 3.63) is 36.2 Å². The fraction of sp³-hybridized carbons (Fsp3) is 0.550. The number of carbonyl (C=O) groups is 2. The standard InChI is InChI=1S/C20H29N3O2.2H2S/c1-14(2)10-17-13-23(18(11-15(3)4)20(25)22-17)19(24)8-7-16-6-5-9-21-12-16;;/h5-9,12,14-15,17-18H,10-11,13H2,1-4H3,(H,22,25);2*1H2/b8-7+;;/t17-,18-;;/m0../s1. The minimum atomic E-state index is -0.394. The van der Waals surface area contributed by atoms with Crippen molar-refractivity contribution in [2.24, 2.45) is 11.8 Å². The summed E-state index contributed by atoms with van der Waals surface area (Å²) in [5.74, 6) is 0.664. The fourth-order valence-corrected chi connectivity index (χ4v) is 3.21. The minimum Gasteiger partial charge on any atom is -0.350 e. The van der Waals surface area contributed by atoms with Crippen molar-refractivity contribution < 1.29 is 9.59 Å². The summed E-state index contributed by atoms with van der Waals surface area (Å²) in [6, 6.07) is 3.35. The molecule has 2 atom stereocenters. The second kappa shape index (κ2) is 12.1. The highest BCUT2D eigenvalue weighted by Crippen LogP contribution is 2.20. The topological polar surface area (TPSA) is 62.3 Å². The van der Waals surface area contributed by atoms with E-state index in [1.165, 1.54) is 0 Å². The van der Waals surface area contributed by atoms with Crippen LogP contribution in [-0.2, 0) is 9.59 Å². The second-order valence-corrected chi connectivity index (χ2v) is 7.59. The first-order valence-electron chi connectivity index (χ1n) is 9.06. The summed E-state index contributed by atoms with van der Waals surface area (Å²) in [6.45, 7) is 8.96. The van der Waals surface area contributed by atoms with E-state index in [0.29, 0.717) is 24.8 Å². The lowest BCUT2D eigenvalue weighted by Gasteiger charge is -2.40. The zero-order chi connectivity index (χ0) is 18.4. The van der Waals surface area contributed by atoms with Crippen LogP contribution in [0.1, 0.15) is 46.1 Å². The third-order valence-corrected chi connectivity index (χ3v) is 4.28. The van der Waals surface area contributed by atoms with E-state index in [1.807, 2.05) is 12.1 Å². The second-order valence-electron chi connectivity index (χ2n) is 7.59. The molecule has 1 saturated heterocycles. The summed E-state index contributed by atoms with van der Waals surface area (Å²) < 4.78 is 0. The summed E-state index contributed by atoms with van der Waals surface area (Å²) in [5.41, 5.74) is 0.872. The van der Waals surface area contributed by atoms with Gasteiger partial charge < -0.3 is 10.2 Å². The molecular weight excluding hydrogens is 378 g/mol. The average molecular weight is 412 g/mol. The Kier molecular flexibility index (Phi) is 11.4. The first kappa shape index (κ1) is 25.5. The van der Waals surface area contributed by atoms with Crippen LogP contribution in [0.5, 0.6) is 0 Å². The molecule has 0 radical (unpaired) electrons. The molecule has 1 aromatic heterocycles. The SMILES string of the molecule is CC(C)C[C@H]1CN(C(=O)/C=C/c2cccnc2)[C@@H](CC(C)C)C(=O)N1.S.S. The Bertz CT molecular complexity index is 621. The molecule has 152 valence electrons. The maximum atomic E-state index is 12.8. The van der Waals surface area contributed by atoms with Gasteiger partial charge in [0.05, 0.1) is 0 Å². The molecule has 0 spiro atoms. The molecule has 0 aliphatic carbocycles. The lowest BCUT2D eigenvalue weighted by atomic mass is 9.95. The quantitative estimate of drug-likeness (QED) is 0.732. The predicted octanol–water partition coefficient (Wildman–Crippen LogP) is 3.11. The Labute approximate surface area is 176 Å². The Morgan fingerprint density at radius 2 is 1.93 bits per heavy atom. The van der Waals surface area contributed by atoms with Gasteiger partial charge in [-0.2, -0.15) is 27.0 Å². The summed E-state index contributed by atoms with van der Waals surface area (Å²) in [5, 5.41) is 3.09. The van der Waals surface area contributed by atoms with Crippen LogP contribution < -0.4 is 5.32 Å². The van der Waals surface area contributed by atoms with Crippen molar-refractivity contribution in [2.45, 2.75) is 52.6 Å². The smallest absolute Gasteiger partial charge is 0.247 e. The summed E-state index contributed by atoms with van der Waals surface area (Å²) >= 11 is 0. The Balaban J connectivity index is 0.00000338. The van der Waals surface area contributed by atoms with Crippen LogP contribution in [0.25, 0.3) is 6.08 Å². The fourth-order valence-electron chi connectivity index (χ4n) is 3.21. The largest absolute Gasteiger partial charge is 0.350 e. The van der Waals surface area contributed by atoms with E-state index in [-0.39, 0.29) is 44.8 Å². The van der Waals surface area contributed by atoms with E-state index in [1.54, 1.807) is 29.4 Å². The van der Waals surface area contributed by atoms with Crippen LogP contribution in [0.3, 0.4) is 0 Å². The molecule has 7 heteroatoms. The van der Waals surface area contributed by atoms with Gasteiger partial charge in [-0.15, -0.1) is 0 Å². The van der Waals surface area contributed by atoms with Crippen molar-refractivity contribution in [1.82, 2.24) is 15.2 Å². The summed E-state index contributed by atoms with van der Waals surface area (Å²) in [7, 11) is 0. The van der Waals surface area contributed by atoms with E-state index in [0.717, 1.165) is 12.0 Å². The van der Waals surface area contributed by atoms with Gasteiger partial charge in [-0.25, -0.2) is 0 Å². The third kappa shape index (κ3) is 7.97. The van der Waals surface area contributed by atoms with Gasteiger partial charge in [0, 0.05) is 31.1 Å². The summed E-state index contributed by atoms with van der Waals surface area (Å²) in [6.07, 6.45) is 8.26. The maximum Gasteiger partial charge on any atom is 0.247 e. The predicted molar refractivity (Wildman–Crippen MR) is 120 cm³/mol. The number of piperazine rings is 1. The number of hydrogen-bond acceptors (Lipinski definition) is 3. The third-order valence-electron chi connectivity index (χ3n) is 4.28. The number of nitrogens with one attached hydrogen (secondary N) is 1. The number of nitrogens with zero attached hydrogens (tertiary/aromatic N) is 2. The number of carbonyl (C=O) groups excluding carboxylic acids is 2. The van der Waals surface area contributed by atoms with Crippen LogP contribution in [0, 0.1) is 11.8 Å². The van der Waals surface area contributed by atoms with E-state index >= 15 is 0 Å². The molecule has 1 aliphatic heterocycles. The molecule has 0 saturated carbocycles. The van der Waals surface area contributed by atoms with Gasteiger partial charge in [0.15, 0.2) is 0 Å². The Hall–Kier alpha value is -1.47. The average Bonchev–Trinajstić information content (AvgIpc) is 2.55. The molecular formula is C20H33N3O2S2. The van der Waals surface area contributed by atoms with Gasteiger partial charge >= 0.3 is 0 Å². The number of aromatic nitrogens is 1. The number of hydrogen-bond donors (Lipinski definition) is 1. The van der Waals surface area contributed by atoms with Crippen LogP contribution in [0.4, 0.5) is 0 Å². The molecule has 0 unspecified atom stereocenters. The van der Waals surface area contributed by atoms with E-state index in [9.17, 15) is 9.59 Å². The monoisotopic (exact) mass is 411 g/mol. The molecule has 5 nitrogen and oxygen atoms in total. The highest BCUT2D eigenvalue weighted by molar-refractivity contribution is 7.59. The molecule has 0 bridgehead atoms. The van der Waals surface area contributed by atoms with Crippen LogP contribution >= 0.6 is 27.0 Å². The van der Waals surface area contributed by atoms with Crippen LogP contribution in [0.2, 0.25) is 0 Å². The Morgan fingerprint density at radius 1 is 1.26 bits per heavy atom. The number of pyridine rings is 1. The van der Waals surface area contributed by atoms with Crippen molar-refractivity contribution in [2.75, 3.05) is 6.54 Å². The molecule has 1 fully saturated rings. The van der Waals surface area contributed by atoms with E-state index in [4.69, 9.17) is 0 Å². The lowest BCUT2D eigenvalue weighted by Crippen LogP contribution is -2.61. The Morgan fingerprint density at radius 3 is 2.48 bits per heavy atom. The highest BCUT2D eigenvalue weighted by Gasteiger charge is 2.36. The molecule has 2 heterocycles. The van der Waals surface area contributed by atoms with Crippen molar-refractivity contribution in [3.63, 3.8) is 0 Å². The minimum absolute atomic E-state index is 0. The lowest BCUT2D eigenvalue weighted by molar-refractivity contribution is -0.142. The van der Waals surface area contributed by atoms with Crippen molar-refractivity contribution in [1.29, 1.82) is 0 Å². The van der Waals surface area contributed by atoms with Gasteiger partial charge in [-0.1, -0.05) is 33.8 Å². The highest BCUT2D eigenvalue weighted by atomic mass is 32.1. The van der Waals surface area contributed by atoms with Crippen molar-refractivity contribution in [3.8, 4) is 0 Å². The number of amides is 2. The zero-order valence-electron chi connectivity index (χ0n) is 16.6. The molecule has 2 amide bonds. The molecule has 1 aliphatic rings. The molecule has 2 rings (SSSR count). The maximum absolute atomic E-state index is 12.8. The van der Waals surface area contributed by atoms with Gasteiger partial charge in [0.2, 0.25) is 11.8 Å². The van der Waals surface area contributed by atoms with Crippen LogP contribution in [0.15, 0.2) is 30.6 Å². The zero-order valence-corrected chi connectivity index (χ0v) is 18.6. The molecule has 27 heavy (non-hydrogen) atoms. The van der Waals surface area contributed by atoms with Gasteiger partial charge in [0.1, 0.15) is 6.04 Å². The first-order chi connectivity index (χ1) is 11.9. The normalized spacial score (nSPS) is 19.6. The van der Waals surface area contributed by atoms with E-state index < -0.39 is 6.04 Å². The van der Waals surface area contributed by atoms with E-state index in [2.05, 4.69) is 38.0 Å². The first-order valence-corrected chi connectivity index (χ1v) is 9.06. The molecule has 0 aromatic carbocycles. The van der Waals surface area contributed by atoms with Gasteiger partial charge in [0.25, 0.3) is 0 Å². The van der Waals surface area contributed by atoms with Gasteiger partial charge in [-0.05, 0) is 42.4 Å². The van der Waals surface area contributed by atoms with Crippen LogP contribution in [-0.4, -0.2) is 40.3 Å². The van der Waals surface area contributed by atoms with Crippen molar-refractivity contribution >= 4 is 44.9 Å². The molecule has 1 N–H and O–H groups in total.